The van der Waals surface area contributed by atoms with Gasteiger partial charge in [0.05, 0.1) is 14.2 Å². The van der Waals surface area contributed by atoms with Crippen molar-refractivity contribution in [2.75, 3.05) is 20.8 Å². The Morgan fingerprint density at radius 2 is 1.80 bits per heavy atom. The van der Waals surface area contributed by atoms with Gasteiger partial charge in [-0.15, -0.1) is 0 Å². The first-order chi connectivity index (χ1) is 12.0. The van der Waals surface area contributed by atoms with Crippen LogP contribution >= 0.6 is 12.2 Å². The number of benzene rings is 2. The number of aliphatic carboxylic acids is 1. The lowest BCUT2D eigenvalue weighted by molar-refractivity contribution is -0.139. The highest BCUT2D eigenvalue weighted by molar-refractivity contribution is 7.80. The third-order valence-electron chi connectivity index (χ3n) is 3.39. The monoisotopic (exact) mass is 361 g/mol. The normalized spacial score (nSPS) is 10.0. The number of nitrogens with one attached hydrogen (secondary N) is 1. The summed E-state index contributed by atoms with van der Waals surface area (Å²) in [5.74, 6) is 0.523. The van der Waals surface area contributed by atoms with E-state index in [0.29, 0.717) is 23.0 Å². The van der Waals surface area contributed by atoms with Gasteiger partial charge in [-0.25, -0.2) is 4.79 Å². The Labute approximate surface area is 151 Å². The Morgan fingerprint density at radius 3 is 2.40 bits per heavy atom. The summed E-state index contributed by atoms with van der Waals surface area (Å²) in [6, 6.07) is 12.8. The zero-order valence-corrected chi connectivity index (χ0v) is 14.8. The molecule has 0 aliphatic rings. The van der Waals surface area contributed by atoms with Gasteiger partial charge in [-0.1, -0.05) is 24.4 Å². The molecule has 0 heterocycles. The highest BCUT2D eigenvalue weighted by Gasteiger charge is 2.10. The molecule has 2 aromatic rings. The molecular weight excluding hydrogens is 342 g/mol. The van der Waals surface area contributed by atoms with Gasteiger partial charge in [0.15, 0.2) is 18.1 Å². The van der Waals surface area contributed by atoms with Crippen LogP contribution in [0.5, 0.6) is 17.2 Å². The first kappa shape index (κ1) is 18.5. The number of carbonyl (C=O) groups is 1. The molecule has 7 heteroatoms. The zero-order chi connectivity index (χ0) is 18.2. The molecule has 0 aromatic heterocycles. The van der Waals surface area contributed by atoms with Crippen LogP contribution in [0.4, 0.5) is 0 Å². The van der Waals surface area contributed by atoms with Gasteiger partial charge in [-0.3, -0.25) is 0 Å². The van der Waals surface area contributed by atoms with E-state index in [-0.39, 0.29) is 0 Å². The second-order valence-corrected chi connectivity index (χ2v) is 5.49. The van der Waals surface area contributed by atoms with E-state index in [4.69, 9.17) is 31.5 Å². The van der Waals surface area contributed by atoms with Crippen LogP contribution < -0.4 is 19.5 Å². The summed E-state index contributed by atoms with van der Waals surface area (Å²) < 4.78 is 15.5. The van der Waals surface area contributed by atoms with Crippen LogP contribution in [-0.4, -0.2) is 36.9 Å². The fourth-order valence-electron chi connectivity index (χ4n) is 2.10. The van der Waals surface area contributed by atoms with Gasteiger partial charge in [0, 0.05) is 12.1 Å². The number of carboxylic acid groups (broad SMARTS) is 1. The van der Waals surface area contributed by atoms with E-state index >= 15 is 0 Å². The molecule has 132 valence electrons. The summed E-state index contributed by atoms with van der Waals surface area (Å²) in [5.41, 5.74) is 1.82. The molecule has 0 unspecified atom stereocenters. The number of hydrogen-bond acceptors (Lipinski definition) is 5. The molecule has 0 aliphatic heterocycles. The van der Waals surface area contributed by atoms with Crippen molar-refractivity contribution in [3.8, 4) is 17.2 Å². The van der Waals surface area contributed by atoms with Crippen LogP contribution in [0.15, 0.2) is 42.5 Å². The van der Waals surface area contributed by atoms with Crippen LogP contribution in [0.3, 0.4) is 0 Å². The van der Waals surface area contributed by atoms with E-state index in [9.17, 15) is 4.79 Å². The molecule has 0 saturated heterocycles. The van der Waals surface area contributed by atoms with Crippen molar-refractivity contribution in [2.24, 2.45) is 0 Å². The minimum Gasteiger partial charge on any atom is -0.497 e. The lowest BCUT2D eigenvalue weighted by Gasteiger charge is -2.13. The van der Waals surface area contributed by atoms with Crippen molar-refractivity contribution in [1.82, 2.24) is 5.32 Å². The fraction of sp³-hybridized carbons (Fsp3) is 0.222. The third-order valence-corrected chi connectivity index (χ3v) is 3.77. The second kappa shape index (κ2) is 8.89. The Morgan fingerprint density at radius 1 is 1.08 bits per heavy atom. The van der Waals surface area contributed by atoms with Gasteiger partial charge in [0.2, 0.25) is 0 Å². The number of carboxylic acids is 1. The zero-order valence-electron chi connectivity index (χ0n) is 13.9. The molecule has 0 fully saturated rings. The molecular formula is C18H19NO5S. The van der Waals surface area contributed by atoms with Gasteiger partial charge in [-0.2, -0.15) is 0 Å². The Bertz CT molecular complexity index is 746. The SMILES string of the molecule is COc1ccc(CNC(=S)c2ccc(OCC(=O)O)c(OC)c2)cc1. The van der Waals surface area contributed by atoms with Crippen LogP contribution in [0.25, 0.3) is 0 Å². The molecule has 0 bridgehead atoms. The third kappa shape index (κ3) is 5.36. The Kier molecular flexibility index (Phi) is 6.59. The van der Waals surface area contributed by atoms with Crippen LogP contribution in [0.2, 0.25) is 0 Å². The van der Waals surface area contributed by atoms with Gasteiger partial charge in [0.25, 0.3) is 0 Å². The fourth-order valence-corrected chi connectivity index (χ4v) is 2.29. The van der Waals surface area contributed by atoms with E-state index in [1.54, 1.807) is 25.3 Å². The maximum absolute atomic E-state index is 10.6. The van der Waals surface area contributed by atoms with Crippen molar-refractivity contribution >= 4 is 23.2 Å². The summed E-state index contributed by atoms with van der Waals surface area (Å²) in [5, 5.41) is 11.9. The lowest BCUT2D eigenvalue weighted by Crippen LogP contribution is -2.21. The largest absolute Gasteiger partial charge is 0.497 e. The van der Waals surface area contributed by atoms with Crippen molar-refractivity contribution in [1.29, 1.82) is 0 Å². The van der Waals surface area contributed by atoms with E-state index in [0.717, 1.165) is 16.9 Å². The first-order valence-corrected chi connectivity index (χ1v) is 7.88. The van der Waals surface area contributed by atoms with Crippen molar-refractivity contribution in [3.63, 3.8) is 0 Å². The van der Waals surface area contributed by atoms with Crippen LogP contribution in [0, 0.1) is 0 Å². The highest BCUT2D eigenvalue weighted by atomic mass is 32.1. The summed E-state index contributed by atoms with van der Waals surface area (Å²) >= 11 is 5.40. The maximum Gasteiger partial charge on any atom is 0.341 e. The average molecular weight is 361 g/mol. The van der Waals surface area contributed by atoms with Crippen molar-refractivity contribution in [2.45, 2.75) is 6.54 Å². The molecule has 0 atom stereocenters. The summed E-state index contributed by atoms with van der Waals surface area (Å²) in [7, 11) is 3.11. The molecule has 2 aromatic carbocycles. The number of ether oxygens (including phenoxy) is 3. The van der Waals surface area contributed by atoms with Crippen LogP contribution in [0.1, 0.15) is 11.1 Å². The summed E-state index contributed by atoms with van der Waals surface area (Å²) in [4.78, 5) is 11.2. The molecule has 2 rings (SSSR count). The average Bonchev–Trinajstić information content (AvgIpc) is 2.64. The van der Waals surface area contributed by atoms with Crippen molar-refractivity contribution < 1.29 is 24.1 Å². The molecule has 0 saturated carbocycles. The molecule has 6 nitrogen and oxygen atoms in total. The Hall–Kier alpha value is -2.80. The van der Waals surface area contributed by atoms with Gasteiger partial charge >= 0.3 is 5.97 Å². The summed E-state index contributed by atoms with van der Waals surface area (Å²) in [6.07, 6.45) is 0. The first-order valence-electron chi connectivity index (χ1n) is 7.47. The smallest absolute Gasteiger partial charge is 0.341 e. The second-order valence-electron chi connectivity index (χ2n) is 5.08. The van der Waals surface area contributed by atoms with Gasteiger partial charge < -0.3 is 24.6 Å². The molecule has 0 radical (unpaired) electrons. The van der Waals surface area contributed by atoms with Gasteiger partial charge in [0.1, 0.15) is 10.7 Å². The highest BCUT2D eigenvalue weighted by Crippen LogP contribution is 2.28. The van der Waals surface area contributed by atoms with E-state index in [1.807, 2.05) is 24.3 Å². The topological polar surface area (TPSA) is 77.0 Å². The molecule has 2 N–H and O–H groups in total. The van der Waals surface area contributed by atoms with E-state index in [1.165, 1.54) is 7.11 Å². The number of methoxy groups -OCH3 is 2. The maximum atomic E-state index is 10.6. The van der Waals surface area contributed by atoms with E-state index < -0.39 is 12.6 Å². The minimum absolute atomic E-state index is 0.353. The predicted octanol–water partition coefficient (Wildman–Crippen LogP) is 2.63. The quantitative estimate of drug-likeness (QED) is 0.700. The molecule has 0 spiro atoms. The van der Waals surface area contributed by atoms with Crippen molar-refractivity contribution in [3.05, 3.63) is 53.6 Å². The minimum atomic E-state index is -1.05. The predicted molar refractivity (Wildman–Crippen MR) is 97.7 cm³/mol. The number of thiocarbonyl (C=S) groups is 1. The molecule has 0 amide bonds. The lowest BCUT2D eigenvalue weighted by atomic mass is 10.1. The van der Waals surface area contributed by atoms with Gasteiger partial charge in [-0.05, 0) is 35.9 Å². The summed E-state index contributed by atoms with van der Waals surface area (Å²) in [6.45, 7) is 0.137. The molecule has 0 aliphatic carbocycles. The number of rotatable bonds is 8. The van der Waals surface area contributed by atoms with Crippen LogP contribution in [-0.2, 0) is 11.3 Å². The standard InChI is InChI=1S/C18H19NO5S/c1-22-14-6-3-12(4-7-14)10-19-18(25)13-5-8-15(16(9-13)23-2)24-11-17(20)21/h3-9H,10-11H2,1-2H3,(H,19,25)(H,20,21). The van der Waals surface area contributed by atoms with E-state index in [2.05, 4.69) is 5.32 Å². The molecule has 25 heavy (non-hydrogen) atoms. The number of hydrogen-bond donors (Lipinski definition) is 2. The Balaban J connectivity index is 2.01.